The second kappa shape index (κ2) is 19.9. The Hall–Kier alpha value is -1.59. The number of ether oxygens (including phenoxy) is 1. The highest BCUT2D eigenvalue weighted by Crippen LogP contribution is 1.69. The van der Waals surface area contributed by atoms with Gasteiger partial charge in [-0.25, -0.2) is 0 Å². The SMILES string of the molecule is C.CCOC(C)=O.CNC(C)=O.CNC(C)=O. The number of nitrogens with one attached hydrogen (secondary N) is 2. The summed E-state index contributed by atoms with van der Waals surface area (Å²) in [6, 6.07) is 0. The summed E-state index contributed by atoms with van der Waals surface area (Å²) in [6.45, 7) is 6.60. The van der Waals surface area contributed by atoms with Gasteiger partial charge in [0.2, 0.25) is 11.8 Å². The molecule has 0 aliphatic carbocycles. The topological polar surface area (TPSA) is 84.5 Å². The normalized spacial score (nSPS) is 6.71. The van der Waals surface area contributed by atoms with Crippen LogP contribution in [0, 0.1) is 0 Å². The van der Waals surface area contributed by atoms with Gasteiger partial charge in [0.15, 0.2) is 0 Å². The van der Waals surface area contributed by atoms with Crippen LogP contribution < -0.4 is 10.6 Å². The highest BCUT2D eigenvalue weighted by Gasteiger charge is 1.81. The van der Waals surface area contributed by atoms with Crippen molar-refractivity contribution in [2.45, 2.75) is 35.1 Å². The molecule has 0 rings (SSSR count). The van der Waals surface area contributed by atoms with E-state index in [0.717, 1.165) is 0 Å². The van der Waals surface area contributed by atoms with Gasteiger partial charge in [0.05, 0.1) is 6.61 Å². The molecular weight excluding hydrogens is 224 g/mol. The largest absolute Gasteiger partial charge is 0.466 e. The molecule has 6 heteroatoms. The summed E-state index contributed by atoms with van der Waals surface area (Å²) < 4.78 is 4.40. The van der Waals surface area contributed by atoms with Crippen molar-refractivity contribution >= 4 is 17.8 Å². The van der Waals surface area contributed by atoms with Gasteiger partial charge >= 0.3 is 5.97 Å². The van der Waals surface area contributed by atoms with Crippen LogP contribution in [-0.2, 0) is 19.1 Å². The lowest BCUT2D eigenvalue weighted by molar-refractivity contribution is -0.140. The molecule has 0 aromatic carbocycles. The molecule has 0 aromatic heterocycles. The van der Waals surface area contributed by atoms with Gasteiger partial charge in [-0.2, -0.15) is 0 Å². The highest BCUT2D eigenvalue weighted by atomic mass is 16.5. The molecule has 0 aromatic rings. The molecule has 0 saturated carbocycles. The van der Waals surface area contributed by atoms with E-state index in [1.165, 1.54) is 20.8 Å². The van der Waals surface area contributed by atoms with Crippen molar-refractivity contribution < 1.29 is 19.1 Å². The fraction of sp³-hybridized carbons (Fsp3) is 0.727. The summed E-state index contributed by atoms with van der Waals surface area (Å²) in [5.74, 6) is -0.201. The van der Waals surface area contributed by atoms with E-state index in [1.54, 1.807) is 21.0 Å². The first kappa shape index (κ1) is 24.6. The second-order valence-corrected chi connectivity index (χ2v) is 2.54. The van der Waals surface area contributed by atoms with Crippen molar-refractivity contribution in [3.8, 4) is 0 Å². The Labute approximate surface area is 104 Å². The first-order valence-electron chi connectivity index (χ1n) is 4.81. The molecule has 0 fully saturated rings. The van der Waals surface area contributed by atoms with Crippen molar-refractivity contribution in [1.82, 2.24) is 10.6 Å². The van der Waals surface area contributed by atoms with E-state index in [-0.39, 0.29) is 25.2 Å². The third-order valence-corrected chi connectivity index (χ3v) is 1.05. The van der Waals surface area contributed by atoms with Crippen LogP contribution in [0.15, 0.2) is 0 Å². The summed E-state index contributed by atoms with van der Waals surface area (Å²) in [6.07, 6.45) is 0. The van der Waals surface area contributed by atoms with Crippen LogP contribution in [0.1, 0.15) is 35.1 Å². The van der Waals surface area contributed by atoms with Gasteiger partial charge in [0.1, 0.15) is 0 Å². The minimum Gasteiger partial charge on any atom is -0.466 e. The third kappa shape index (κ3) is 75.8. The van der Waals surface area contributed by atoms with Crippen LogP contribution in [0.5, 0.6) is 0 Å². The van der Waals surface area contributed by atoms with Gasteiger partial charge in [-0.05, 0) is 6.92 Å². The maximum absolute atomic E-state index is 9.82. The van der Waals surface area contributed by atoms with Crippen molar-refractivity contribution in [3.63, 3.8) is 0 Å². The van der Waals surface area contributed by atoms with Crippen LogP contribution in [0.3, 0.4) is 0 Å². The van der Waals surface area contributed by atoms with Crippen LogP contribution in [-0.4, -0.2) is 38.5 Å². The molecule has 0 saturated heterocycles. The number of esters is 1. The van der Waals surface area contributed by atoms with Crippen molar-refractivity contribution in [2.75, 3.05) is 20.7 Å². The monoisotopic (exact) mass is 250 g/mol. The van der Waals surface area contributed by atoms with E-state index in [4.69, 9.17) is 0 Å². The number of hydrogen-bond acceptors (Lipinski definition) is 4. The van der Waals surface area contributed by atoms with Crippen molar-refractivity contribution in [2.24, 2.45) is 0 Å². The lowest BCUT2D eigenvalue weighted by Crippen LogP contribution is -2.11. The fourth-order valence-electron chi connectivity index (χ4n) is 0.203. The molecule has 0 radical (unpaired) electrons. The smallest absolute Gasteiger partial charge is 0.302 e. The first-order valence-corrected chi connectivity index (χ1v) is 4.81. The predicted octanol–water partition coefficient (Wildman–Crippen LogP) is 0.710. The predicted molar refractivity (Wildman–Crippen MR) is 68.5 cm³/mol. The summed E-state index contributed by atoms with van der Waals surface area (Å²) >= 11 is 0. The average molecular weight is 250 g/mol. The Kier molecular flexibility index (Phi) is 28.8. The molecule has 0 aliphatic heterocycles. The second-order valence-electron chi connectivity index (χ2n) is 2.54. The minimum atomic E-state index is -0.211. The number of rotatable bonds is 1. The lowest BCUT2D eigenvalue weighted by atomic mass is 10.7. The van der Waals surface area contributed by atoms with Gasteiger partial charge < -0.3 is 15.4 Å². The Balaban J connectivity index is -0.0000000729. The molecule has 104 valence electrons. The van der Waals surface area contributed by atoms with Crippen LogP contribution in [0.25, 0.3) is 0 Å². The molecule has 0 atom stereocenters. The lowest BCUT2D eigenvalue weighted by Gasteiger charge is -1.89. The van der Waals surface area contributed by atoms with Crippen molar-refractivity contribution in [1.29, 1.82) is 0 Å². The molecular formula is C11H26N2O4. The standard InChI is InChI=1S/C4H8O2.2C3H7NO.CH4/c1-3-6-4(2)5;2*1-3(5)4-2;/h3H2,1-2H3;2*1-2H3,(H,4,5);1H4. The van der Waals surface area contributed by atoms with Gasteiger partial charge in [0, 0.05) is 34.9 Å². The maximum Gasteiger partial charge on any atom is 0.302 e. The molecule has 6 nitrogen and oxygen atoms in total. The van der Waals surface area contributed by atoms with E-state index in [0.29, 0.717) is 6.61 Å². The quantitative estimate of drug-likeness (QED) is 0.671. The molecule has 0 spiro atoms. The molecule has 0 bridgehead atoms. The Bertz CT molecular complexity index is 192. The van der Waals surface area contributed by atoms with Gasteiger partial charge in [-0.15, -0.1) is 0 Å². The van der Waals surface area contributed by atoms with E-state index < -0.39 is 0 Å². The van der Waals surface area contributed by atoms with Crippen LogP contribution in [0.2, 0.25) is 0 Å². The first-order chi connectivity index (χ1) is 7.31. The number of carbonyl (C=O) groups is 3. The molecule has 0 aliphatic rings. The fourth-order valence-corrected chi connectivity index (χ4v) is 0.203. The van der Waals surface area contributed by atoms with Gasteiger partial charge in [-0.3, -0.25) is 14.4 Å². The number of hydrogen-bond donors (Lipinski definition) is 2. The number of carbonyl (C=O) groups excluding carboxylic acids is 3. The van der Waals surface area contributed by atoms with Crippen molar-refractivity contribution in [3.05, 3.63) is 0 Å². The third-order valence-electron chi connectivity index (χ3n) is 1.05. The van der Waals surface area contributed by atoms with Crippen LogP contribution >= 0.6 is 0 Å². The Morgan fingerprint density at radius 2 is 1.18 bits per heavy atom. The number of amides is 2. The molecule has 17 heavy (non-hydrogen) atoms. The molecule has 2 amide bonds. The highest BCUT2D eigenvalue weighted by molar-refractivity contribution is 5.72. The Morgan fingerprint density at radius 1 is 0.941 bits per heavy atom. The van der Waals surface area contributed by atoms with E-state index in [2.05, 4.69) is 15.4 Å². The van der Waals surface area contributed by atoms with Crippen LogP contribution in [0.4, 0.5) is 0 Å². The molecule has 0 heterocycles. The summed E-state index contributed by atoms with van der Waals surface area (Å²) in [7, 11) is 3.20. The summed E-state index contributed by atoms with van der Waals surface area (Å²) in [5.41, 5.74) is 0. The summed E-state index contributed by atoms with van der Waals surface area (Å²) in [4.78, 5) is 29.2. The van der Waals surface area contributed by atoms with E-state index in [9.17, 15) is 14.4 Å². The van der Waals surface area contributed by atoms with Gasteiger partial charge in [0.25, 0.3) is 0 Å². The zero-order valence-electron chi connectivity index (χ0n) is 10.8. The Morgan fingerprint density at radius 3 is 1.18 bits per heavy atom. The maximum atomic E-state index is 9.82. The molecule has 2 N–H and O–H groups in total. The van der Waals surface area contributed by atoms with E-state index >= 15 is 0 Å². The van der Waals surface area contributed by atoms with E-state index in [1.807, 2.05) is 0 Å². The summed E-state index contributed by atoms with van der Waals surface area (Å²) in [5, 5.41) is 4.78. The molecule has 0 unspecified atom stereocenters. The average Bonchev–Trinajstić information content (AvgIpc) is 2.19. The zero-order chi connectivity index (χ0) is 13.6. The van der Waals surface area contributed by atoms with Gasteiger partial charge in [-0.1, -0.05) is 7.43 Å². The minimum absolute atomic E-state index is 0. The zero-order valence-corrected chi connectivity index (χ0v) is 10.8.